The fourth-order valence-electron chi connectivity index (χ4n) is 2.10. The first-order valence-corrected chi connectivity index (χ1v) is 7.18. The summed E-state index contributed by atoms with van der Waals surface area (Å²) in [7, 11) is 0. The van der Waals surface area contributed by atoms with Crippen LogP contribution < -0.4 is 5.73 Å². The van der Waals surface area contributed by atoms with Gasteiger partial charge in [-0.25, -0.2) is 4.39 Å². The molecule has 0 aliphatic heterocycles. The van der Waals surface area contributed by atoms with E-state index in [1.54, 1.807) is 12.1 Å². The van der Waals surface area contributed by atoms with Crippen LogP contribution in [0.5, 0.6) is 0 Å². The van der Waals surface area contributed by atoms with Crippen molar-refractivity contribution in [2.45, 2.75) is 18.9 Å². The van der Waals surface area contributed by atoms with Crippen LogP contribution in [-0.4, -0.2) is 11.7 Å². The Bertz CT molecular complexity index is 572. The summed E-state index contributed by atoms with van der Waals surface area (Å²) in [6.07, 6.45) is -0.821. The van der Waals surface area contributed by atoms with Crippen molar-refractivity contribution in [3.05, 3.63) is 56.5 Å². The zero-order chi connectivity index (χ0) is 14.0. The smallest absolute Gasteiger partial charge is 0.145 e. The van der Waals surface area contributed by atoms with Crippen LogP contribution in [0.1, 0.15) is 28.0 Å². The Morgan fingerprint density at radius 3 is 2.74 bits per heavy atom. The topological polar surface area (TPSA) is 46.2 Å². The van der Waals surface area contributed by atoms with Gasteiger partial charge in [0.15, 0.2) is 0 Å². The Morgan fingerprint density at radius 2 is 2.16 bits per heavy atom. The molecule has 1 aromatic heterocycles. The van der Waals surface area contributed by atoms with Gasteiger partial charge in [-0.2, -0.15) is 0 Å². The van der Waals surface area contributed by atoms with Gasteiger partial charge in [-0.05, 0) is 35.6 Å². The molecule has 1 heterocycles. The predicted molar refractivity (Wildman–Crippen MR) is 77.2 cm³/mol. The third kappa shape index (κ3) is 2.82. The molecule has 0 aliphatic carbocycles. The van der Waals surface area contributed by atoms with Crippen LogP contribution in [0, 0.1) is 12.7 Å². The Morgan fingerprint density at radius 1 is 1.42 bits per heavy atom. The molecule has 0 saturated heterocycles. The fraction of sp³-hybridized carbons (Fsp3) is 0.286. The van der Waals surface area contributed by atoms with Crippen molar-refractivity contribution < 1.29 is 9.50 Å². The molecular formula is C14H15ClFNOS. The van der Waals surface area contributed by atoms with Crippen LogP contribution in [0.15, 0.2) is 29.6 Å². The molecule has 19 heavy (non-hydrogen) atoms. The van der Waals surface area contributed by atoms with Crippen molar-refractivity contribution >= 4 is 22.9 Å². The van der Waals surface area contributed by atoms with Crippen molar-refractivity contribution in [1.29, 1.82) is 0 Å². The summed E-state index contributed by atoms with van der Waals surface area (Å²) in [6.45, 7) is 2.06. The molecule has 5 heteroatoms. The summed E-state index contributed by atoms with van der Waals surface area (Å²) >= 11 is 7.23. The first-order valence-electron chi connectivity index (χ1n) is 5.92. The maximum Gasteiger partial charge on any atom is 0.145 e. The molecule has 2 unspecified atom stereocenters. The van der Waals surface area contributed by atoms with Gasteiger partial charge >= 0.3 is 0 Å². The molecule has 0 radical (unpaired) electrons. The average Bonchev–Trinajstić information content (AvgIpc) is 2.81. The molecule has 1 aromatic carbocycles. The number of hydrogen-bond donors (Lipinski definition) is 2. The molecule has 2 rings (SSSR count). The van der Waals surface area contributed by atoms with E-state index in [2.05, 4.69) is 0 Å². The molecule has 0 aliphatic rings. The van der Waals surface area contributed by atoms with Crippen molar-refractivity contribution in [3.63, 3.8) is 0 Å². The van der Waals surface area contributed by atoms with E-state index < -0.39 is 17.8 Å². The lowest BCUT2D eigenvalue weighted by atomic mass is 9.91. The summed E-state index contributed by atoms with van der Waals surface area (Å²) in [5.41, 5.74) is 7.06. The van der Waals surface area contributed by atoms with Gasteiger partial charge in [0.25, 0.3) is 0 Å². The van der Waals surface area contributed by atoms with E-state index in [0.29, 0.717) is 5.56 Å². The van der Waals surface area contributed by atoms with Crippen molar-refractivity contribution in [3.8, 4) is 0 Å². The number of aliphatic hydroxyl groups excluding tert-OH is 1. The molecule has 2 nitrogen and oxygen atoms in total. The maximum atomic E-state index is 14.0. The third-order valence-electron chi connectivity index (χ3n) is 3.19. The highest BCUT2D eigenvalue weighted by Gasteiger charge is 2.26. The highest BCUT2D eigenvalue weighted by atomic mass is 35.5. The number of nitrogens with two attached hydrogens (primary N) is 1. The standard InChI is InChI=1S/C14H15ClFNOS/c1-8-5-6-19-14(8)13(18)10(7-17)9-3-2-4-11(15)12(9)16/h2-6,10,13,18H,7,17H2,1H3. The predicted octanol–water partition coefficient (Wildman–Crippen LogP) is 3.62. The van der Waals surface area contributed by atoms with E-state index in [0.717, 1.165) is 10.4 Å². The van der Waals surface area contributed by atoms with Gasteiger partial charge in [0.05, 0.1) is 11.1 Å². The average molecular weight is 300 g/mol. The molecule has 0 fully saturated rings. The Kier molecular flexibility index (Phi) is 4.58. The second kappa shape index (κ2) is 6.01. The molecule has 0 spiro atoms. The van der Waals surface area contributed by atoms with Crippen molar-refractivity contribution in [2.24, 2.45) is 5.73 Å². The first-order chi connectivity index (χ1) is 9.06. The third-order valence-corrected chi connectivity index (χ3v) is 4.57. The minimum absolute atomic E-state index is 0.0473. The van der Waals surface area contributed by atoms with E-state index in [9.17, 15) is 9.50 Å². The lowest BCUT2D eigenvalue weighted by Gasteiger charge is -2.22. The summed E-state index contributed by atoms with van der Waals surface area (Å²) in [6, 6.07) is 6.68. The van der Waals surface area contributed by atoms with Crippen LogP contribution in [0.2, 0.25) is 5.02 Å². The summed E-state index contributed by atoms with van der Waals surface area (Å²) in [5, 5.41) is 12.4. The summed E-state index contributed by atoms with van der Waals surface area (Å²) in [4.78, 5) is 0.815. The molecule has 102 valence electrons. The fourth-order valence-corrected chi connectivity index (χ4v) is 3.26. The van der Waals surface area contributed by atoms with Gasteiger partial charge in [0, 0.05) is 17.3 Å². The quantitative estimate of drug-likeness (QED) is 0.905. The Balaban J connectivity index is 2.40. The zero-order valence-electron chi connectivity index (χ0n) is 10.4. The van der Waals surface area contributed by atoms with Gasteiger partial charge < -0.3 is 10.8 Å². The summed E-state index contributed by atoms with van der Waals surface area (Å²) in [5.74, 6) is -1.01. The molecule has 0 bridgehead atoms. The minimum Gasteiger partial charge on any atom is -0.387 e. The van der Waals surface area contributed by atoms with Crippen LogP contribution in [-0.2, 0) is 0 Å². The lowest BCUT2D eigenvalue weighted by molar-refractivity contribution is 0.149. The van der Waals surface area contributed by atoms with E-state index in [1.165, 1.54) is 17.4 Å². The number of aliphatic hydroxyl groups is 1. The molecule has 2 aromatic rings. The largest absolute Gasteiger partial charge is 0.387 e. The van der Waals surface area contributed by atoms with Crippen LogP contribution in [0.4, 0.5) is 4.39 Å². The van der Waals surface area contributed by atoms with Gasteiger partial charge in [0.1, 0.15) is 5.82 Å². The molecular weight excluding hydrogens is 285 g/mol. The Labute approximate surface area is 120 Å². The normalized spacial score (nSPS) is 14.4. The lowest BCUT2D eigenvalue weighted by Crippen LogP contribution is -2.21. The van der Waals surface area contributed by atoms with Crippen LogP contribution in [0.25, 0.3) is 0 Å². The number of halogens is 2. The highest BCUT2D eigenvalue weighted by Crippen LogP contribution is 2.36. The number of hydrogen-bond acceptors (Lipinski definition) is 3. The van der Waals surface area contributed by atoms with E-state index >= 15 is 0 Å². The second-order valence-corrected chi connectivity index (χ2v) is 5.75. The monoisotopic (exact) mass is 299 g/mol. The maximum absolute atomic E-state index is 14.0. The first kappa shape index (κ1) is 14.5. The molecule has 3 N–H and O–H groups in total. The van der Waals surface area contributed by atoms with Crippen LogP contribution in [0.3, 0.4) is 0 Å². The zero-order valence-corrected chi connectivity index (χ0v) is 12.0. The number of thiophene rings is 1. The molecule has 0 saturated carbocycles. The number of rotatable bonds is 4. The minimum atomic E-state index is -0.821. The van der Waals surface area contributed by atoms with Gasteiger partial charge in [0.2, 0.25) is 0 Å². The van der Waals surface area contributed by atoms with Crippen molar-refractivity contribution in [1.82, 2.24) is 0 Å². The van der Waals surface area contributed by atoms with Gasteiger partial charge in [-0.1, -0.05) is 23.7 Å². The van der Waals surface area contributed by atoms with E-state index in [-0.39, 0.29) is 11.6 Å². The highest BCUT2D eigenvalue weighted by molar-refractivity contribution is 7.10. The Hall–Kier alpha value is -0.940. The second-order valence-electron chi connectivity index (χ2n) is 4.40. The van der Waals surface area contributed by atoms with Crippen molar-refractivity contribution in [2.75, 3.05) is 6.54 Å². The van der Waals surface area contributed by atoms with Gasteiger partial charge in [-0.15, -0.1) is 11.3 Å². The van der Waals surface area contributed by atoms with Crippen LogP contribution >= 0.6 is 22.9 Å². The SMILES string of the molecule is Cc1ccsc1C(O)C(CN)c1cccc(Cl)c1F. The van der Waals surface area contributed by atoms with E-state index in [1.807, 2.05) is 18.4 Å². The number of aryl methyl sites for hydroxylation is 1. The molecule has 2 atom stereocenters. The van der Waals surface area contributed by atoms with E-state index in [4.69, 9.17) is 17.3 Å². The van der Waals surface area contributed by atoms with Gasteiger partial charge in [-0.3, -0.25) is 0 Å². The number of benzene rings is 1. The summed E-state index contributed by atoms with van der Waals surface area (Å²) < 4.78 is 14.0. The molecule has 0 amide bonds.